The van der Waals surface area contributed by atoms with Crippen molar-refractivity contribution >= 4 is 34.8 Å². The lowest BCUT2D eigenvalue weighted by Crippen LogP contribution is -2.21. The van der Waals surface area contributed by atoms with E-state index in [1.54, 1.807) is 6.07 Å². The fourth-order valence-electron chi connectivity index (χ4n) is 2.76. The van der Waals surface area contributed by atoms with Gasteiger partial charge in [0.05, 0.1) is 11.4 Å². The maximum Gasteiger partial charge on any atom is 0.393 e. The van der Waals surface area contributed by atoms with Crippen molar-refractivity contribution in [3.8, 4) is 0 Å². The molecule has 0 bridgehead atoms. The number of nitrogens with two attached hydrogens (primary N) is 1. The first kappa shape index (κ1) is 17.6. The lowest BCUT2D eigenvalue weighted by Gasteiger charge is -2.21. The number of aromatic amines is 1. The number of hydrogen-bond donors (Lipinski definition) is 4. The van der Waals surface area contributed by atoms with E-state index in [1.807, 2.05) is 6.08 Å². The number of H-pyrrole nitrogens is 1. The summed E-state index contributed by atoms with van der Waals surface area (Å²) in [7, 11) is 0. The van der Waals surface area contributed by atoms with E-state index in [4.69, 9.17) is 17.3 Å². The maximum absolute atomic E-state index is 13.0. The van der Waals surface area contributed by atoms with Crippen LogP contribution in [0.3, 0.4) is 0 Å². The Morgan fingerprint density at radius 2 is 2.12 bits per heavy atom. The molecule has 134 valence electrons. The van der Waals surface area contributed by atoms with Crippen LogP contribution < -0.4 is 16.4 Å². The van der Waals surface area contributed by atoms with Crippen LogP contribution in [0, 0.1) is 0 Å². The van der Waals surface area contributed by atoms with Gasteiger partial charge in [-0.05, 0) is 41.8 Å². The molecule has 0 amide bonds. The zero-order valence-corrected chi connectivity index (χ0v) is 13.8. The summed E-state index contributed by atoms with van der Waals surface area (Å²) in [5.41, 5.74) is 7.17. The van der Waals surface area contributed by atoms with E-state index in [-0.39, 0.29) is 22.5 Å². The summed E-state index contributed by atoms with van der Waals surface area (Å²) in [4.78, 5) is 3.87. The fourth-order valence-corrected chi connectivity index (χ4v) is 3.12. The quantitative estimate of drug-likeness (QED) is 0.661. The summed E-state index contributed by atoms with van der Waals surface area (Å²) in [6.07, 6.45) is -2.93. The average molecular weight is 373 g/mol. The van der Waals surface area contributed by atoms with Crippen molar-refractivity contribution in [1.82, 2.24) is 20.5 Å². The zero-order chi connectivity index (χ0) is 18.0. The molecule has 0 spiro atoms. The van der Waals surface area contributed by atoms with Crippen LogP contribution in [0.15, 0.2) is 18.2 Å². The van der Waals surface area contributed by atoms with E-state index < -0.39 is 12.6 Å². The van der Waals surface area contributed by atoms with E-state index in [0.717, 1.165) is 5.57 Å². The topological polar surface area (TPSA) is 91.7 Å². The molecule has 0 atom stereocenters. The number of nitrogens with zero attached hydrogens (tertiary/aromatic N) is 2. The highest BCUT2D eigenvalue weighted by molar-refractivity contribution is 6.32. The SMILES string of the molecule is Nc1nc(Nc2cc(Cl)c(C3=CCNCC3)c(CC(F)(F)F)c2)n[nH]1. The third-order valence-corrected chi connectivity index (χ3v) is 4.00. The monoisotopic (exact) mass is 372 g/mol. The van der Waals surface area contributed by atoms with Gasteiger partial charge in [-0.3, -0.25) is 0 Å². The number of rotatable bonds is 4. The van der Waals surface area contributed by atoms with Crippen LogP contribution in [0.5, 0.6) is 0 Å². The number of halogens is 4. The minimum atomic E-state index is -4.35. The highest BCUT2D eigenvalue weighted by atomic mass is 35.5. The highest BCUT2D eigenvalue weighted by Crippen LogP contribution is 2.36. The molecule has 0 aliphatic carbocycles. The van der Waals surface area contributed by atoms with Gasteiger partial charge in [0.2, 0.25) is 11.9 Å². The smallest absolute Gasteiger partial charge is 0.368 e. The second-order valence-corrected chi connectivity index (χ2v) is 6.04. The Kier molecular flexibility index (Phi) is 4.87. The molecule has 1 aliphatic heterocycles. The van der Waals surface area contributed by atoms with Crippen molar-refractivity contribution in [2.45, 2.75) is 19.0 Å². The lowest BCUT2D eigenvalue weighted by atomic mass is 9.93. The predicted octanol–water partition coefficient (Wildman–Crippen LogP) is 3.27. The summed E-state index contributed by atoms with van der Waals surface area (Å²) in [6.45, 7) is 1.30. The van der Waals surface area contributed by atoms with Crippen molar-refractivity contribution in [3.05, 3.63) is 34.4 Å². The molecule has 0 radical (unpaired) electrons. The molecule has 0 saturated carbocycles. The summed E-state index contributed by atoms with van der Waals surface area (Å²) in [5, 5.41) is 12.4. The van der Waals surface area contributed by atoms with Crippen molar-refractivity contribution in [3.63, 3.8) is 0 Å². The van der Waals surface area contributed by atoms with Gasteiger partial charge in [-0.25, -0.2) is 5.10 Å². The van der Waals surface area contributed by atoms with Gasteiger partial charge in [0.25, 0.3) is 0 Å². The molecule has 1 aromatic heterocycles. The lowest BCUT2D eigenvalue weighted by molar-refractivity contribution is -0.127. The molecule has 0 fully saturated rings. The minimum absolute atomic E-state index is 0.0978. The first-order chi connectivity index (χ1) is 11.8. The van der Waals surface area contributed by atoms with E-state index >= 15 is 0 Å². The highest BCUT2D eigenvalue weighted by Gasteiger charge is 2.30. The molecule has 1 aliphatic rings. The summed E-state index contributed by atoms with van der Waals surface area (Å²) >= 11 is 6.33. The van der Waals surface area contributed by atoms with E-state index in [0.29, 0.717) is 30.8 Å². The molecular weight excluding hydrogens is 357 g/mol. The Balaban J connectivity index is 2.00. The minimum Gasteiger partial charge on any atom is -0.368 e. The van der Waals surface area contributed by atoms with Crippen molar-refractivity contribution in [2.24, 2.45) is 0 Å². The number of aromatic nitrogens is 3. The molecule has 10 heteroatoms. The van der Waals surface area contributed by atoms with Crippen LogP contribution in [0.1, 0.15) is 17.5 Å². The van der Waals surface area contributed by atoms with Crippen molar-refractivity contribution in [1.29, 1.82) is 0 Å². The summed E-state index contributed by atoms with van der Waals surface area (Å²) in [5.74, 6) is 0.251. The Hall–Kier alpha value is -2.26. The van der Waals surface area contributed by atoms with Crippen LogP contribution in [0.2, 0.25) is 5.02 Å². The van der Waals surface area contributed by atoms with Gasteiger partial charge in [0.15, 0.2) is 0 Å². The molecule has 0 unspecified atom stereocenters. The molecular formula is C15H16ClF3N6. The van der Waals surface area contributed by atoms with Gasteiger partial charge >= 0.3 is 6.18 Å². The average Bonchev–Trinajstić information content (AvgIpc) is 2.91. The largest absolute Gasteiger partial charge is 0.393 e. The third kappa shape index (κ3) is 4.43. The summed E-state index contributed by atoms with van der Waals surface area (Å²) < 4.78 is 39.1. The maximum atomic E-state index is 13.0. The van der Waals surface area contributed by atoms with Gasteiger partial charge in [-0.2, -0.15) is 18.2 Å². The molecule has 2 heterocycles. The number of benzene rings is 1. The summed E-state index contributed by atoms with van der Waals surface area (Å²) in [6, 6.07) is 2.98. The predicted molar refractivity (Wildman–Crippen MR) is 90.8 cm³/mol. The molecule has 6 nitrogen and oxygen atoms in total. The number of nitrogen functional groups attached to an aromatic ring is 1. The molecule has 3 rings (SSSR count). The Morgan fingerprint density at radius 3 is 2.72 bits per heavy atom. The second kappa shape index (κ2) is 6.93. The number of nitrogens with one attached hydrogen (secondary N) is 3. The van der Waals surface area contributed by atoms with E-state index in [2.05, 4.69) is 25.8 Å². The van der Waals surface area contributed by atoms with Crippen LogP contribution in [0.4, 0.5) is 30.8 Å². The Bertz CT molecular complexity index is 799. The van der Waals surface area contributed by atoms with Crippen LogP contribution in [-0.2, 0) is 6.42 Å². The zero-order valence-electron chi connectivity index (χ0n) is 13.0. The first-order valence-electron chi connectivity index (χ1n) is 7.56. The van der Waals surface area contributed by atoms with E-state index in [1.165, 1.54) is 6.07 Å². The molecule has 25 heavy (non-hydrogen) atoms. The van der Waals surface area contributed by atoms with Gasteiger partial charge < -0.3 is 16.4 Å². The van der Waals surface area contributed by atoms with Crippen molar-refractivity contribution in [2.75, 3.05) is 24.1 Å². The fraction of sp³-hybridized carbons (Fsp3) is 0.333. The Morgan fingerprint density at radius 1 is 1.32 bits per heavy atom. The molecule has 1 aromatic carbocycles. The molecule has 2 aromatic rings. The standard InChI is InChI=1S/C15H16ClF3N6/c16-11-6-10(22-14-23-13(20)24-25-14)5-9(7-15(17,18)19)12(11)8-1-3-21-4-2-8/h1,5-6,21H,2-4,7H2,(H4,20,22,23,24,25). The van der Waals surface area contributed by atoms with Gasteiger partial charge in [0.1, 0.15) is 0 Å². The second-order valence-electron chi connectivity index (χ2n) is 5.64. The van der Waals surface area contributed by atoms with Crippen LogP contribution in [0.25, 0.3) is 5.57 Å². The number of alkyl halides is 3. The molecule has 5 N–H and O–H groups in total. The van der Waals surface area contributed by atoms with Gasteiger partial charge in [-0.1, -0.05) is 17.7 Å². The van der Waals surface area contributed by atoms with Crippen LogP contribution >= 0.6 is 11.6 Å². The van der Waals surface area contributed by atoms with Gasteiger partial charge in [-0.15, -0.1) is 5.10 Å². The third-order valence-electron chi connectivity index (χ3n) is 3.71. The first-order valence-corrected chi connectivity index (χ1v) is 7.94. The normalized spacial score (nSPS) is 15.1. The van der Waals surface area contributed by atoms with Crippen LogP contribution in [-0.4, -0.2) is 34.4 Å². The Labute approximate surface area is 146 Å². The number of anilines is 3. The molecule has 0 saturated heterocycles. The number of hydrogen-bond acceptors (Lipinski definition) is 5. The van der Waals surface area contributed by atoms with E-state index in [9.17, 15) is 13.2 Å². The van der Waals surface area contributed by atoms with Crippen molar-refractivity contribution < 1.29 is 13.2 Å². The van der Waals surface area contributed by atoms with Gasteiger partial charge in [0, 0.05) is 12.2 Å².